The molecule has 6 nitrogen and oxygen atoms in total. The summed E-state index contributed by atoms with van der Waals surface area (Å²) in [6, 6.07) is 14.9. The van der Waals surface area contributed by atoms with Crippen LogP contribution in [-0.2, 0) is 4.79 Å². The molecule has 1 saturated heterocycles. The third kappa shape index (κ3) is 1.94. The molecule has 0 spiro atoms. The summed E-state index contributed by atoms with van der Waals surface area (Å²) >= 11 is 0. The Morgan fingerprint density at radius 3 is 2.36 bits per heavy atom. The molecule has 25 heavy (non-hydrogen) atoms. The van der Waals surface area contributed by atoms with Crippen LogP contribution in [0.3, 0.4) is 0 Å². The van der Waals surface area contributed by atoms with E-state index < -0.39 is 34.3 Å². The van der Waals surface area contributed by atoms with E-state index in [-0.39, 0.29) is 6.42 Å². The molecule has 2 bridgehead atoms. The van der Waals surface area contributed by atoms with Gasteiger partial charge in [0, 0.05) is 18.3 Å². The number of hydrogen-bond acceptors (Lipinski definition) is 5. The van der Waals surface area contributed by atoms with Crippen molar-refractivity contribution in [1.82, 2.24) is 5.32 Å². The van der Waals surface area contributed by atoms with Crippen LogP contribution < -0.4 is 5.32 Å². The fourth-order valence-corrected chi connectivity index (χ4v) is 4.61. The van der Waals surface area contributed by atoms with Gasteiger partial charge in [0.15, 0.2) is 10.8 Å². The van der Waals surface area contributed by atoms with Gasteiger partial charge in [0.2, 0.25) is 5.91 Å². The summed E-state index contributed by atoms with van der Waals surface area (Å²) in [5.74, 6) is -2.02. The molecule has 1 heterocycles. The summed E-state index contributed by atoms with van der Waals surface area (Å²) in [6.07, 6.45) is 0.978. The lowest BCUT2D eigenvalue weighted by atomic mass is 9.48. The Morgan fingerprint density at radius 1 is 1.20 bits per heavy atom. The summed E-state index contributed by atoms with van der Waals surface area (Å²) in [5.41, 5.74) is -4.68. The standard InChI is InChI=1S/C19H18N4O2/c1-2-6-14-15(13-7-4-3-5-8-13)18(11-21,12-22)17(10-20)9-19(14,25)23-16(17)24/h3-5,7-8,14-15,25H,2,6,9H2,1H3,(H,23,24)/t14-,15+,17-,19+/m0/s1. The van der Waals surface area contributed by atoms with Gasteiger partial charge in [-0.2, -0.15) is 15.8 Å². The molecular weight excluding hydrogens is 316 g/mol. The van der Waals surface area contributed by atoms with E-state index in [4.69, 9.17) is 0 Å². The number of hydrogen-bond donors (Lipinski definition) is 2. The summed E-state index contributed by atoms with van der Waals surface area (Å²) in [7, 11) is 0. The van der Waals surface area contributed by atoms with E-state index in [0.29, 0.717) is 18.4 Å². The van der Waals surface area contributed by atoms with Crippen molar-refractivity contribution in [3.05, 3.63) is 35.9 Å². The van der Waals surface area contributed by atoms with Gasteiger partial charge in [-0.3, -0.25) is 4.79 Å². The van der Waals surface area contributed by atoms with E-state index in [0.717, 1.165) is 0 Å². The predicted octanol–water partition coefficient (Wildman–Crippen LogP) is 1.95. The number of carbonyl (C=O) groups excluding carboxylic acids is 1. The SMILES string of the molecule is CCC[C@H]1[C@@H](c2ccccc2)C(C#N)(C#N)[C@]2(C#N)C[C@]1(O)NC2=O. The maximum atomic E-state index is 12.7. The zero-order chi connectivity index (χ0) is 18.3. The van der Waals surface area contributed by atoms with Crippen LogP contribution in [0.2, 0.25) is 0 Å². The van der Waals surface area contributed by atoms with Crippen molar-refractivity contribution in [1.29, 1.82) is 15.8 Å². The van der Waals surface area contributed by atoms with E-state index in [9.17, 15) is 25.7 Å². The Bertz CT molecular complexity index is 818. The summed E-state index contributed by atoms with van der Waals surface area (Å²) in [4.78, 5) is 12.7. The molecule has 1 saturated carbocycles. The Kier molecular flexibility index (Phi) is 3.79. The fraction of sp³-hybridized carbons (Fsp3) is 0.474. The Labute approximate surface area is 146 Å². The first-order valence-electron chi connectivity index (χ1n) is 8.28. The molecule has 3 rings (SSSR count). The number of nitrogens with zero attached hydrogens (tertiary/aromatic N) is 3. The highest BCUT2D eigenvalue weighted by Crippen LogP contribution is 2.65. The second-order valence-electron chi connectivity index (χ2n) is 6.89. The van der Waals surface area contributed by atoms with Gasteiger partial charge in [-0.05, 0) is 12.0 Å². The second-order valence-corrected chi connectivity index (χ2v) is 6.89. The van der Waals surface area contributed by atoms with Crippen molar-refractivity contribution in [2.45, 2.75) is 37.8 Å². The zero-order valence-electron chi connectivity index (χ0n) is 13.9. The first-order valence-corrected chi connectivity index (χ1v) is 8.28. The number of fused-ring (bicyclic) bond motifs is 2. The largest absolute Gasteiger partial charge is 0.371 e. The lowest BCUT2D eigenvalue weighted by Gasteiger charge is -2.49. The van der Waals surface area contributed by atoms with Crippen molar-refractivity contribution in [2.75, 3.05) is 0 Å². The van der Waals surface area contributed by atoms with Crippen LogP contribution in [0, 0.1) is 50.7 Å². The lowest BCUT2D eigenvalue weighted by Crippen LogP contribution is -2.57. The summed E-state index contributed by atoms with van der Waals surface area (Å²) < 4.78 is 0. The second kappa shape index (κ2) is 5.59. The molecule has 2 N–H and O–H groups in total. The summed E-state index contributed by atoms with van der Waals surface area (Å²) in [5, 5.41) is 43.5. The molecule has 1 aromatic carbocycles. The maximum Gasteiger partial charge on any atom is 0.245 e. The topological polar surface area (TPSA) is 121 Å². The molecule has 2 aliphatic rings. The van der Waals surface area contributed by atoms with Gasteiger partial charge < -0.3 is 10.4 Å². The smallest absolute Gasteiger partial charge is 0.245 e. The van der Waals surface area contributed by atoms with Crippen molar-refractivity contribution in [3.8, 4) is 18.2 Å². The Hall–Kier alpha value is -2.88. The molecule has 2 fully saturated rings. The molecule has 0 aromatic heterocycles. The van der Waals surface area contributed by atoms with Crippen LogP contribution in [-0.4, -0.2) is 16.7 Å². The highest BCUT2D eigenvalue weighted by molar-refractivity contribution is 5.92. The van der Waals surface area contributed by atoms with Gasteiger partial charge >= 0.3 is 0 Å². The third-order valence-corrected chi connectivity index (χ3v) is 5.71. The fourth-order valence-electron chi connectivity index (χ4n) is 4.61. The van der Waals surface area contributed by atoms with E-state index in [1.54, 1.807) is 24.3 Å². The number of nitrogens with one attached hydrogen (secondary N) is 1. The van der Waals surface area contributed by atoms with Gasteiger partial charge in [0.1, 0.15) is 5.72 Å². The van der Waals surface area contributed by atoms with E-state index in [2.05, 4.69) is 5.32 Å². The zero-order valence-corrected chi connectivity index (χ0v) is 13.9. The summed E-state index contributed by atoms with van der Waals surface area (Å²) in [6.45, 7) is 1.94. The molecule has 1 amide bonds. The van der Waals surface area contributed by atoms with Gasteiger partial charge in [-0.15, -0.1) is 0 Å². The molecule has 6 heteroatoms. The van der Waals surface area contributed by atoms with Crippen LogP contribution in [0.1, 0.15) is 37.7 Å². The average Bonchev–Trinajstić information content (AvgIpc) is 2.88. The lowest BCUT2D eigenvalue weighted by molar-refractivity contribution is -0.128. The number of amides is 1. The molecular formula is C19H18N4O2. The Morgan fingerprint density at radius 2 is 1.84 bits per heavy atom. The van der Waals surface area contributed by atoms with Crippen LogP contribution in [0.5, 0.6) is 0 Å². The number of nitriles is 3. The van der Waals surface area contributed by atoms with Crippen LogP contribution in [0.15, 0.2) is 30.3 Å². The number of benzene rings is 1. The molecule has 126 valence electrons. The highest BCUT2D eigenvalue weighted by atomic mass is 16.3. The first kappa shape index (κ1) is 17.0. The number of carbonyl (C=O) groups is 1. The van der Waals surface area contributed by atoms with Crippen molar-refractivity contribution >= 4 is 5.91 Å². The molecule has 1 aliphatic heterocycles. The minimum absolute atomic E-state index is 0.246. The number of rotatable bonds is 3. The quantitative estimate of drug-likeness (QED) is 0.875. The highest BCUT2D eigenvalue weighted by Gasteiger charge is 2.76. The monoisotopic (exact) mass is 334 g/mol. The third-order valence-electron chi connectivity index (χ3n) is 5.71. The van der Waals surface area contributed by atoms with E-state index in [1.165, 1.54) is 0 Å². The first-order chi connectivity index (χ1) is 11.9. The molecule has 0 unspecified atom stereocenters. The van der Waals surface area contributed by atoms with Crippen LogP contribution in [0.4, 0.5) is 0 Å². The predicted molar refractivity (Wildman–Crippen MR) is 87.0 cm³/mol. The Balaban J connectivity index is 2.35. The molecule has 1 aromatic rings. The van der Waals surface area contributed by atoms with Gasteiger partial charge in [-0.25, -0.2) is 0 Å². The molecule has 0 radical (unpaired) electrons. The van der Waals surface area contributed by atoms with Gasteiger partial charge in [0.25, 0.3) is 0 Å². The normalized spacial score (nSPS) is 35.1. The van der Waals surface area contributed by atoms with Crippen molar-refractivity contribution in [3.63, 3.8) is 0 Å². The molecule has 4 atom stereocenters. The van der Waals surface area contributed by atoms with Gasteiger partial charge in [0.05, 0.1) is 18.2 Å². The minimum Gasteiger partial charge on any atom is -0.371 e. The van der Waals surface area contributed by atoms with E-state index >= 15 is 0 Å². The van der Waals surface area contributed by atoms with Crippen molar-refractivity contribution < 1.29 is 9.90 Å². The van der Waals surface area contributed by atoms with Gasteiger partial charge in [-0.1, -0.05) is 43.7 Å². The van der Waals surface area contributed by atoms with E-state index in [1.807, 2.05) is 31.2 Å². The minimum atomic E-state index is -1.89. The van der Waals surface area contributed by atoms with Crippen molar-refractivity contribution in [2.24, 2.45) is 16.7 Å². The molecule has 1 aliphatic carbocycles. The average molecular weight is 334 g/mol. The van der Waals surface area contributed by atoms with Crippen LogP contribution >= 0.6 is 0 Å². The van der Waals surface area contributed by atoms with Crippen LogP contribution in [0.25, 0.3) is 0 Å². The maximum absolute atomic E-state index is 12.7. The number of aliphatic hydroxyl groups is 1.